The molecule has 0 aliphatic carbocycles. The van der Waals surface area contributed by atoms with E-state index in [0.717, 1.165) is 24.5 Å². The molecule has 0 unspecified atom stereocenters. The van der Waals surface area contributed by atoms with E-state index in [1.807, 2.05) is 30.3 Å². The largest absolute Gasteiger partial charge is 0.479 e. The second-order valence-corrected chi connectivity index (χ2v) is 4.69. The molecule has 1 saturated heterocycles. The van der Waals surface area contributed by atoms with Crippen LogP contribution in [0, 0.1) is 11.3 Å². The summed E-state index contributed by atoms with van der Waals surface area (Å²) in [6, 6.07) is 10.3. The fourth-order valence-electron chi connectivity index (χ4n) is 2.15. The fourth-order valence-corrected chi connectivity index (χ4v) is 2.15. The Balaban J connectivity index is 1.84. The lowest BCUT2D eigenvalue weighted by Crippen LogP contribution is -2.36. The van der Waals surface area contributed by atoms with Crippen molar-refractivity contribution in [2.24, 2.45) is 0 Å². The zero-order valence-corrected chi connectivity index (χ0v) is 10.7. The van der Waals surface area contributed by atoms with Gasteiger partial charge in [0.1, 0.15) is 11.8 Å². The highest BCUT2D eigenvalue weighted by Gasteiger charge is 2.15. The first-order valence-corrected chi connectivity index (χ1v) is 6.33. The van der Waals surface area contributed by atoms with Crippen LogP contribution in [0.3, 0.4) is 0 Å². The van der Waals surface area contributed by atoms with Gasteiger partial charge in [-0.1, -0.05) is 0 Å². The molecule has 1 aliphatic rings. The van der Waals surface area contributed by atoms with E-state index in [9.17, 15) is 0 Å². The van der Waals surface area contributed by atoms with Crippen LogP contribution in [0.4, 0.5) is 5.69 Å². The molecule has 0 spiro atoms. The normalized spacial score (nSPS) is 17.1. The molecule has 0 aromatic heterocycles. The number of nitrogens with one attached hydrogen (secondary N) is 1. The van der Waals surface area contributed by atoms with Crippen LogP contribution in [0.1, 0.15) is 12.8 Å². The third kappa shape index (κ3) is 3.64. The van der Waals surface area contributed by atoms with Gasteiger partial charge in [-0.2, -0.15) is 5.26 Å². The smallest absolute Gasteiger partial charge is 0.174 e. The Bertz CT molecular complexity index is 402. The number of likely N-dealkylation sites (tertiary alicyclic amines) is 1. The minimum absolute atomic E-state index is 0.0989. The van der Waals surface area contributed by atoms with Gasteiger partial charge >= 0.3 is 0 Å². The van der Waals surface area contributed by atoms with Gasteiger partial charge in [0.15, 0.2) is 6.61 Å². The predicted octanol–water partition coefficient (Wildman–Crippen LogP) is 2.10. The highest BCUT2D eigenvalue weighted by molar-refractivity contribution is 5.47. The highest BCUT2D eigenvalue weighted by atomic mass is 16.5. The summed E-state index contributed by atoms with van der Waals surface area (Å²) in [5, 5.41) is 12.0. The number of rotatable bonds is 4. The molecule has 4 nitrogen and oxygen atoms in total. The summed E-state index contributed by atoms with van der Waals surface area (Å²) in [5.41, 5.74) is 1.12. The number of nitriles is 1. The maximum atomic E-state index is 8.43. The van der Waals surface area contributed by atoms with E-state index in [1.165, 1.54) is 12.8 Å². The van der Waals surface area contributed by atoms with Gasteiger partial charge < -0.3 is 15.0 Å². The summed E-state index contributed by atoms with van der Waals surface area (Å²) >= 11 is 0. The van der Waals surface area contributed by atoms with Gasteiger partial charge in [0, 0.05) is 11.7 Å². The van der Waals surface area contributed by atoms with Gasteiger partial charge in [0.05, 0.1) is 0 Å². The summed E-state index contributed by atoms with van der Waals surface area (Å²) < 4.78 is 5.22. The number of hydrogen-bond acceptors (Lipinski definition) is 4. The topological polar surface area (TPSA) is 48.3 Å². The minimum atomic E-state index is 0.0989. The first kappa shape index (κ1) is 12.7. The van der Waals surface area contributed by atoms with Gasteiger partial charge in [-0.3, -0.25) is 0 Å². The molecule has 1 aromatic carbocycles. The van der Waals surface area contributed by atoms with E-state index in [-0.39, 0.29) is 6.61 Å². The van der Waals surface area contributed by atoms with Gasteiger partial charge in [-0.25, -0.2) is 0 Å². The van der Waals surface area contributed by atoms with Crippen molar-refractivity contribution in [3.63, 3.8) is 0 Å². The summed E-state index contributed by atoms with van der Waals surface area (Å²) in [4.78, 5) is 2.36. The molecule has 1 aliphatic heterocycles. The van der Waals surface area contributed by atoms with E-state index in [4.69, 9.17) is 10.00 Å². The molecule has 0 amide bonds. The molecule has 1 fully saturated rings. The SMILES string of the molecule is CN1CCC(Nc2ccc(OCC#N)cc2)CC1. The van der Waals surface area contributed by atoms with Crippen LogP contribution < -0.4 is 10.1 Å². The maximum Gasteiger partial charge on any atom is 0.174 e. The van der Waals surface area contributed by atoms with Crippen LogP contribution in [0.25, 0.3) is 0 Å². The number of benzene rings is 1. The van der Waals surface area contributed by atoms with Crippen molar-refractivity contribution in [2.75, 3.05) is 32.1 Å². The predicted molar refractivity (Wildman–Crippen MR) is 71.7 cm³/mol. The van der Waals surface area contributed by atoms with E-state index < -0.39 is 0 Å². The summed E-state index contributed by atoms with van der Waals surface area (Å²) in [5.74, 6) is 0.741. The fraction of sp³-hybridized carbons (Fsp3) is 0.500. The van der Waals surface area contributed by atoms with E-state index in [1.54, 1.807) is 0 Å². The molecule has 0 radical (unpaired) electrons. The van der Waals surface area contributed by atoms with Crippen LogP contribution in [-0.2, 0) is 0 Å². The van der Waals surface area contributed by atoms with Crippen molar-refractivity contribution in [1.29, 1.82) is 5.26 Å². The van der Waals surface area contributed by atoms with Crippen LogP contribution in [0.5, 0.6) is 5.75 Å². The lowest BCUT2D eigenvalue weighted by molar-refractivity contribution is 0.264. The number of anilines is 1. The standard InChI is InChI=1S/C14H19N3O/c1-17-9-6-13(7-10-17)16-12-2-4-14(5-3-12)18-11-8-15/h2-5,13,16H,6-7,9-11H2,1H3. The molecular weight excluding hydrogens is 226 g/mol. The van der Waals surface area contributed by atoms with Crippen molar-refractivity contribution in [2.45, 2.75) is 18.9 Å². The Kier molecular flexibility index (Phi) is 4.43. The van der Waals surface area contributed by atoms with Crippen molar-refractivity contribution in [3.05, 3.63) is 24.3 Å². The maximum absolute atomic E-state index is 8.43. The summed E-state index contributed by atoms with van der Waals surface area (Å²) in [6.07, 6.45) is 2.37. The molecule has 96 valence electrons. The Labute approximate surface area is 108 Å². The van der Waals surface area contributed by atoms with Crippen molar-refractivity contribution in [1.82, 2.24) is 4.90 Å². The molecular formula is C14H19N3O. The van der Waals surface area contributed by atoms with Crippen LogP contribution in [0.2, 0.25) is 0 Å². The molecule has 0 atom stereocenters. The van der Waals surface area contributed by atoms with E-state index in [2.05, 4.69) is 17.3 Å². The number of nitrogens with zero attached hydrogens (tertiary/aromatic N) is 2. The molecule has 4 heteroatoms. The molecule has 2 rings (SSSR count). The first-order chi connectivity index (χ1) is 8.78. The third-order valence-electron chi connectivity index (χ3n) is 3.25. The molecule has 0 bridgehead atoms. The third-order valence-corrected chi connectivity index (χ3v) is 3.25. The van der Waals surface area contributed by atoms with Crippen molar-refractivity contribution in [3.8, 4) is 11.8 Å². The van der Waals surface area contributed by atoms with Gasteiger partial charge in [-0.05, 0) is 57.2 Å². The lowest BCUT2D eigenvalue weighted by atomic mass is 10.1. The zero-order valence-electron chi connectivity index (χ0n) is 10.7. The Morgan fingerprint density at radius 2 is 2.00 bits per heavy atom. The van der Waals surface area contributed by atoms with Gasteiger partial charge in [0.2, 0.25) is 0 Å². The number of ether oxygens (including phenoxy) is 1. The van der Waals surface area contributed by atoms with E-state index >= 15 is 0 Å². The van der Waals surface area contributed by atoms with Crippen LogP contribution in [-0.4, -0.2) is 37.7 Å². The van der Waals surface area contributed by atoms with Crippen molar-refractivity contribution >= 4 is 5.69 Å². The Hall–Kier alpha value is -1.73. The number of hydrogen-bond donors (Lipinski definition) is 1. The molecule has 0 saturated carbocycles. The molecule has 1 N–H and O–H groups in total. The molecule has 18 heavy (non-hydrogen) atoms. The highest BCUT2D eigenvalue weighted by Crippen LogP contribution is 2.19. The second-order valence-electron chi connectivity index (χ2n) is 4.69. The second kappa shape index (κ2) is 6.27. The monoisotopic (exact) mass is 245 g/mol. The summed E-state index contributed by atoms with van der Waals surface area (Å²) in [6.45, 7) is 2.41. The molecule has 1 heterocycles. The average Bonchev–Trinajstić information content (AvgIpc) is 2.41. The Morgan fingerprint density at radius 1 is 1.33 bits per heavy atom. The van der Waals surface area contributed by atoms with Crippen molar-refractivity contribution < 1.29 is 4.74 Å². The van der Waals surface area contributed by atoms with Gasteiger partial charge in [0.25, 0.3) is 0 Å². The number of piperidine rings is 1. The minimum Gasteiger partial charge on any atom is -0.479 e. The summed E-state index contributed by atoms with van der Waals surface area (Å²) in [7, 11) is 2.16. The van der Waals surface area contributed by atoms with Gasteiger partial charge in [-0.15, -0.1) is 0 Å². The zero-order chi connectivity index (χ0) is 12.8. The Morgan fingerprint density at radius 3 is 2.61 bits per heavy atom. The van der Waals surface area contributed by atoms with Crippen LogP contribution in [0.15, 0.2) is 24.3 Å². The van der Waals surface area contributed by atoms with E-state index in [0.29, 0.717) is 6.04 Å². The van der Waals surface area contributed by atoms with Crippen LogP contribution >= 0.6 is 0 Å². The quantitative estimate of drug-likeness (QED) is 0.882. The average molecular weight is 245 g/mol. The molecule has 1 aromatic rings. The lowest BCUT2D eigenvalue weighted by Gasteiger charge is -2.30. The first-order valence-electron chi connectivity index (χ1n) is 6.33.